The van der Waals surface area contributed by atoms with Crippen molar-refractivity contribution in [2.45, 2.75) is 169 Å². The third-order valence-corrected chi connectivity index (χ3v) is 10.8. The molecule has 0 amide bonds. The van der Waals surface area contributed by atoms with Crippen LogP contribution in [0.1, 0.15) is 163 Å². The standard InChI is InChI=1S/C38H62O4/c1-5-6-7-8-9-10-11-12-13-14-15-16-17-18-19-20-35(41)42-29-30(2)32-23-24-37(3)25-26-38(4)33(36(32)37)22-21-31(28-39)27-34(38)40/h21-22,28,30,34,40H,5-20,23-27,29H2,1-4H3/t30-,34+,37-,38-/m1/s1. The molecule has 0 spiro atoms. The average molecular weight is 583 g/mol. The van der Waals surface area contributed by atoms with Gasteiger partial charge in [-0.1, -0.05) is 135 Å². The number of unbranched alkanes of at least 4 members (excludes halogenated alkanes) is 14. The Morgan fingerprint density at radius 1 is 0.905 bits per heavy atom. The van der Waals surface area contributed by atoms with Crippen LogP contribution in [-0.2, 0) is 14.3 Å². The average Bonchev–Trinajstić information content (AvgIpc) is 3.27. The zero-order valence-electron chi connectivity index (χ0n) is 27.6. The summed E-state index contributed by atoms with van der Waals surface area (Å²) in [5.41, 5.74) is 4.34. The fraction of sp³-hybridized carbons (Fsp3) is 0.789. The number of allylic oxidation sites excluding steroid dienone is 3. The Hall–Kier alpha value is -1.68. The first kappa shape index (κ1) is 34.8. The second-order valence-corrected chi connectivity index (χ2v) is 14.3. The second kappa shape index (κ2) is 17.6. The smallest absolute Gasteiger partial charge is 0.305 e. The molecule has 4 heteroatoms. The van der Waals surface area contributed by atoms with Gasteiger partial charge in [-0.05, 0) is 54.2 Å². The maximum absolute atomic E-state index is 12.6. The maximum Gasteiger partial charge on any atom is 0.305 e. The van der Waals surface area contributed by atoms with E-state index in [0.29, 0.717) is 25.0 Å². The number of hydrogen-bond acceptors (Lipinski definition) is 4. The molecule has 0 heterocycles. The van der Waals surface area contributed by atoms with E-state index in [-0.39, 0.29) is 22.7 Å². The molecule has 0 aliphatic heterocycles. The van der Waals surface area contributed by atoms with Crippen molar-refractivity contribution >= 4 is 12.3 Å². The molecule has 0 unspecified atom stereocenters. The molecular formula is C38H62O4. The maximum atomic E-state index is 12.6. The summed E-state index contributed by atoms with van der Waals surface area (Å²) in [4.78, 5) is 24.1. The number of aldehydes is 1. The molecule has 0 saturated heterocycles. The van der Waals surface area contributed by atoms with Crippen molar-refractivity contribution < 1.29 is 19.4 Å². The van der Waals surface area contributed by atoms with E-state index in [4.69, 9.17) is 4.74 Å². The highest BCUT2D eigenvalue weighted by atomic mass is 16.5. The number of carbonyl (C=O) groups excluding carboxylic acids is 2. The normalized spacial score (nSPS) is 26.2. The predicted octanol–water partition coefficient (Wildman–Crippen LogP) is 10.1. The Balaban J connectivity index is 1.34. The minimum Gasteiger partial charge on any atom is -0.465 e. The van der Waals surface area contributed by atoms with E-state index >= 15 is 0 Å². The van der Waals surface area contributed by atoms with Gasteiger partial charge < -0.3 is 9.84 Å². The molecule has 3 aliphatic rings. The van der Waals surface area contributed by atoms with Gasteiger partial charge in [0.15, 0.2) is 0 Å². The third kappa shape index (κ3) is 9.66. The number of fused-ring (bicyclic) bond motifs is 3. The number of rotatable bonds is 20. The lowest BCUT2D eigenvalue weighted by atomic mass is 9.57. The van der Waals surface area contributed by atoms with Crippen molar-refractivity contribution in [2.75, 3.05) is 6.61 Å². The highest BCUT2D eigenvalue weighted by molar-refractivity contribution is 5.75. The molecule has 1 saturated carbocycles. The Kier molecular flexibility index (Phi) is 14.6. The lowest BCUT2D eigenvalue weighted by Gasteiger charge is -2.48. The van der Waals surface area contributed by atoms with Crippen LogP contribution in [-0.4, -0.2) is 30.1 Å². The molecule has 4 atom stereocenters. The molecular weight excluding hydrogens is 520 g/mol. The molecule has 0 aromatic carbocycles. The summed E-state index contributed by atoms with van der Waals surface area (Å²) in [5.74, 6) is 0.0871. The Morgan fingerprint density at radius 3 is 2.05 bits per heavy atom. The first-order valence-electron chi connectivity index (χ1n) is 17.7. The zero-order chi connectivity index (χ0) is 30.4. The molecule has 0 aromatic rings. The minimum atomic E-state index is -0.565. The lowest BCUT2D eigenvalue weighted by Crippen LogP contribution is -2.41. The number of hydrogen-bond donors (Lipinski definition) is 1. The van der Waals surface area contributed by atoms with E-state index in [9.17, 15) is 14.7 Å². The molecule has 42 heavy (non-hydrogen) atoms. The van der Waals surface area contributed by atoms with Gasteiger partial charge in [-0.25, -0.2) is 0 Å². The van der Waals surface area contributed by atoms with Gasteiger partial charge in [-0.3, -0.25) is 9.59 Å². The minimum absolute atomic E-state index is 0.0703. The highest BCUT2D eigenvalue weighted by Gasteiger charge is 2.51. The van der Waals surface area contributed by atoms with Crippen LogP contribution in [0.4, 0.5) is 0 Å². The van der Waals surface area contributed by atoms with Gasteiger partial charge in [-0.2, -0.15) is 0 Å². The molecule has 1 N–H and O–H groups in total. The first-order chi connectivity index (χ1) is 20.2. The molecule has 1 fully saturated rings. The number of carbonyl (C=O) groups is 2. The van der Waals surface area contributed by atoms with Crippen LogP contribution in [0.3, 0.4) is 0 Å². The summed E-state index contributed by atoms with van der Waals surface area (Å²) in [5, 5.41) is 11.1. The number of ether oxygens (including phenoxy) is 1. The largest absolute Gasteiger partial charge is 0.465 e. The molecule has 3 rings (SSSR count). The van der Waals surface area contributed by atoms with Crippen molar-refractivity contribution in [3.8, 4) is 0 Å². The van der Waals surface area contributed by atoms with Crippen LogP contribution < -0.4 is 0 Å². The summed E-state index contributed by atoms with van der Waals surface area (Å²) in [6.07, 6.45) is 29.1. The van der Waals surface area contributed by atoms with Gasteiger partial charge in [-0.15, -0.1) is 0 Å². The van der Waals surface area contributed by atoms with Crippen molar-refractivity contribution in [3.63, 3.8) is 0 Å². The summed E-state index contributed by atoms with van der Waals surface area (Å²) in [6.45, 7) is 9.40. The Labute approximate surface area is 257 Å². The van der Waals surface area contributed by atoms with E-state index in [0.717, 1.165) is 44.8 Å². The van der Waals surface area contributed by atoms with Gasteiger partial charge in [0.2, 0.25) is 0 Å². The van der Waals surface area contributed by atoms with E-state index in [2.05, 4.69) is 33.8 Å². The molecule has 4 nitrogen and oxygen atoms in total. The molecule has 3 aliphatic carbocycles. The van der Waals surface area contributed by atoms with E-state index in [1.54, 1.807) is 0 Å². The highest BCUT2D eigenvalue weighted by Crippen LogP contribution is 2.61. The predicted molar refractivity (Wildman–Crippen MR) is 174 cm³/mol. The van der Waals surface area contributed by atoms with Gasteiger partial charge in [0.25, 0.3) is 0 Å². The van der Waals surface area contributed by atoms with Crippen LogP contribution in [0.5, 0.6) is 0 Å². The SMILES string of the molecule is CCCCCCCCCCCCCCCCCC(=O)OC[C@@H](C)C1=C2C3=CC=C(C=O)C[C@H](O)[C@]3(C)CC[C@@]2(C)CC1. The Bertz CT molecular complexity index is 958. The number of esters is 1. The second-order valence-electron chi connectivity index (χ2n) is 14.3. The van der Waals surface area contributed by atoms with Crippen LogP contribution >= 0.6 is 0 Å². The quantitative estimate of drug-likeness (QED) is 0.0881. The monoisotopic (exact) mass is 582 g/mol. The van der Waals surface area contributed by atoms with Gasteiger partial charge in [0.1, 0.15) is 6.29 Å². The van der Waals surface area contributed by atoms with Gasteiger partial charge in [0.05, 0.1) is 12.7 Å². The van der Waals surface area contributed by atoms with Crippen molar-refractivity contribution in [3.05, 3.63) is 34.4 Å². The van der Waals surface area contributed by atoms with Gasteiger partial charge in [0, 0.05) is 24.2 Å². The van der Waals surface area contributed by atoms with E-state index in [1.165, 1.54) is 100 Å². The summed E-state index contributed by atoms with van der Waals surface area (Å²) in [7, 11) is 0. The number of aliphatic hydroxyl groups excluding tert-OH is 1. The summed E-state index contributed by atoms with van der Waals surface area (Å²) >= 11 is 0. The van der Waals surface area contributed by atoms with E-state index in [1.807, 2.05) is 6.08 Å². The first-order valence-corrected chi connectivity index (χ1v) is 17.7. The summed E-state index contributed by atoms with van der Waals surface area (Å²) in [6, 6.07) is 0. The van der Waals surface area contributed by atoms with Crippen LogP contribution in [0, 0.1) is 16.7 Å². The van der Waals surface area contributed by atoms with Crippen molar-refractivity contribution in [2.24, 2.45) is 16.7 Å². The van der Waals surface area contributed by atoms with Crippen LogP contribution in [0.25, 0.3) is 0 Å². The molecule has 238 valence electrons. The van der Waals surface area contributed by atoms with Crippen molar-refractivity contribution in [1.82, 2.24) is 0 Å². The van der Waals surface area contributed by atoms with E-state index < -0.39 is 6.10 Å². The Morgan fingerprint density at radius 2 is 1.48 bits per heavy atom. The van der Waals surface area contributed by atoms with Crippen LogP contribution in [0.15, 0.2) is 34.4 Å². The van der Waals surface area contributed by atoms with Crippen LogP contribution in [0.2, 0.25) is 0 Å². The third-order valence-electron chi connectivity index (χ3n) is 10.8. The fourth-order valence-electron chi connectivity index (χ4n) is 7.69. The molecule has 0 radical (unpaired) electrons. The topological polar surface area (TPSA) is 63.6 Å². The fourth-order valence-corrected chi connectivity index (χ4v) is 7.69. The molecule has 0 bridgehead atoms. The summed E-state index contributed by atoms with van der Waals surface area (Å²) < 4.78 is 5.79. The zero-order valence-corrected chi connectivity index (χ0v) is 27.6. The van der Waals surface area contributed by atoms with Gasteiger partial charge >= 0.3 is 5.97 Å². The lowest BCUT2D eigenvalue weighted by molar-refractivity contribution is -0.144. The molecule has 0 aromatic heterocycles. The number of aliphatic hydroxyl groups is 1. The van der Waals surface area contributed by atoms with Crippen molar-refractivity contribution in [1.29, 1.82) is 0 Å².